The van der Waals surface area contributed by atoms with E-state index in [4.69, 9.17) is 18.7 Å². The van der Waals surface area contributed by atoms with Crippen LogP contribution in [0, 0.1) is 5.92 Å². The zero-order chi connectivity index (χ0) is 33.3. The third-order valence-electron chi connectivity index (χ3n) is 7.42. The largest absolute Gasteiger partial charge is 0.494 e. The number of furan rings is 1. The second kappa shape index (κ2) is 19.0. The minimum atomic E-state index is -0.546. The van der Waals surface area contributed by atoms with E-state index in [1.165, 1.54) is 18.2 Å². The van der Waals surface area contributed by atoms with Crippen molar-refractivity contribution < 1.29 is 37.9 Å². The molecule has 0 aliphatic heterocycles. The lowest BCUT2D eigenvalue weighted by molar-refractivity contribution is -0.200. The number of hydrogen-bond acceptors (Lipinski definition) is 8. The van der Waals surface area contributed by atoms with Crippen LogP contribution in [0.5, 0.6) is 5.75 Å². The summed E-state index contributed by atoms with van der Waals surface area (Å²) >= 11 is 0. The molecule has 0 aliphatic carbocycles. The Morgan fingerprint density at radius 2 is 1.74 bits per heavy atom. The van der Waals surface area contributed by atoms with E-state index in [1.807, 2.05) is 44.2 Å². The molecule has 0 saturated carbocycles. The van der Waals surface area contributed by atoms with Crippen molar-refractivity contribution >= 4 is 24.2 Å². The van der Waals surface area contributed by atoms with Crippen LogP contribution in [0.2, 0.25) is 0 Å². The first-order valence-corrected chi connectivity index (χ1v) is 15.8. The monoisotopic (exact) mass is 635 g/mol. The molecule has 0 radical (unpaired) electrons. The molecule has 0 fully saturated rings. The number of ether oxygens (including phenoxy) is 2. The summed E-state index contributed by atoms with van der Waals surface area (Å²) in [5.41, 5.74) is 1.73. The zero-order valence-electron chi connectivity index (χ0n) is 27.1. The summed E-state index contributed by atoms with van der Waals surface area (Å²) in [4.78, 5) is 56.4. The van der Waals surface area contributed by atoms with E-state index in [-0.39, 0.29) is 30.5 Å². The molecule has 11 nitrogen and oxygen atoms in total. The molecule has 1 heterocycles. The molecule has 0 saturated heterocycles. The predicted molar refractivity (Wildman–Crippen MR) is 173 cm³/mol. The standard InChI is InChI=1S/C35H45N3O8/c1-5-8-10-15-29(30(7-3)38(24-39)45-22-25-13-11-9-12-14-25)33(40)36-23-37-34(41)32-17-16-31(46-32)26-19-27(35(42)43-4)21-28(20-26)44-18-6-2/h9,11-14,16-17,19-21,24,29-30H,5-8,10,15,18,22-23H2,1-4H3,(H,36,40)(H,37,41)/t29-,30-/m1/s1. The van der Waals surface area contributed by atoms with Crippen molar-refractivity contribution in [2.75, 3.05) is 20.4 Å². The molecule has 248 valence electrons. The Hall–Kier alpha value is -4.64. The Balaban J connectivity index is 1.66. The van der Waals surface area contributed by atoms with E-state index < -0.39 is 23.8 Å². The molecular weight excluding hydrogens is 590 g/mol. The average Bonchev–Trinajstić information content (AvgIpc) is 3.59. The summed E-state index contributed by atoms with van der Waals surface area (Å²) in [5.74, 6) is -1.05. The SMILES string of the molecule is CCCCC[C@@H](C(=O)NCNC(=O)c1ccc(-c2cc(OCCC)cc(C(=O)OC)c2)o1)[C@@H](CC)N(C=O)OCc1ccccc1. The van der Waals surface area contributed by atoms with Crippen molar-refractivity contribution in [3.63, 3.8) is 0 Å². The van der Waals surface area contributed by atoms with Gasteiger partial charge in [-0.3, -0.25) is 19.2 Å². The van der Waals surface area contributed by atoms with Crippen LogP contribution < -0.4 is 15.4 Å². The highest BCUT2D eigenvalue weighted by molar-refractivity contribution is 5.93. The van der Waals surface area contributed by atoms with Crippen LogP contribution in [0.1, 0.15) is 85.8 Å². The number of unbranched alkanes of at least 4 members (excludes halogenated alkanes) is 2. The number of hydrogen-bond donors (Lipinski definition) is 2. The van der Waals surface area contributed by atoms with Crippen LogP contribution in [0.4, 0.5) is 0 Å². The highest BCUT2D eigenvalue weighted by Gasteiger charge is 2.32. The number of hydroxylamine groups is 2. The second-order valence-electron chi connectivity index (χ2n) is 10.8. The van der Waals surface area contributed by atoms with E-state index in [2.05, 4.69) is 17.6 Å². The van der Waals surface area contributed by atoms with Crippen LogP contribution in [0.3, 0.4) is 0 Å². The van der Waals surface area contributed by atoms with Crippen molar-refractivity contribution in [1.29, 1.82) is 0 Å². The molecule has 3 rings (SSSR count). The Bertz CT molecular complexity index is 1410. The number of rotatable bonds is 20. The molecule has 0 aliphatic rings. The molecule has 1 aromatic heterocycles. The van der Waals surface area contributed by atoms with E-state index in [1.54, 1.807) is 24.3 Å². The quantitative estimate of drug-likeness (QED) is 0.0516. The van der Waals surface area contributed by atoms with E-state index >= 15 is 0 Å². The predicted octanol–water partition coefficient (Wildman–Crippen LogP) is 5.89. The summed E-state index contributed by atoms with van der Waals surface area (Å²) in [6.45, 7) is 6.48. The van der Waals surface area contributed by atoms with Gasteiger partial charge in [0.05, 0.1) is 37.9 Å². The van der Waals surface area contributed by atoms with Crippen molar-refractivity contribution in [3.05, 3.63) is 77.6 Å². The fraction of sp³-hybridized carbons (Fsp3) is 0.429. The summed E-state index contributed by atoms with van der Waals surface area (Å²) in [6.07, 6.45) is 5.19. The van der Waals surface area contributed by atoms with Gasteiger partial charge in [-0.15, -0.1) is 0 Å². The smallest absolute Gasteiger partial charge is 0.338 e. The van der Waals surface area contributed by atoms with Gasteiger partial charge in [-0.05, 0) is 55.2 Å². The average molecular weight is 636 g/mol. The lowest BCUT2D eigenvalue weighted by Gasteiger charge is -2.32. The van der Waals surface area contributed by atoms with Crippen molar-refractivity contribution in [2.45, 2.75) is 71.9 Å². The molecule has 2 atom stereocenters. The third kappa shape index (κ3) is 10.5. The Kier molecular flexibility index (Phi) is 14.8. The van der Waals surface area contributed by atoms with Crippen LogP contribution in [0.25, 0.3) is 11.3 Å². The van der Waals surface area contributed by atoms with Gasteiger partial charge in [0.2, 0.25) is 12.3 Å². The van der Waals surface area contributed by atoms with Crippen LogP contribution >= 0.6 is 0 Å². The van der Waals surface area contributed by atoms with Crippen molar-refractivity contribution in [1.82, 2.24) is 15.7 Å². The number of esters is 1. The number of benzene rings is 2. The first-order chi connectivity index (χ1) is 22.3. The van der Waals surface area contributed by atoms with Gasteiger partial charge in [0.1, 0.15) is 18.1 Å². The van der Waals surface area contributed by atoms with E-state index in [0.717, 1.165) is 31.2 Å². The van der Waals surface area contributed by atoms with Gasteiger partial charge < -0.3 is 24.5 Å². The Morgan fingerprint density at radius 1 is 0.957 bits per heavy atom. The second-order valence-corrected chi connectivity index (χ2v) is 10.8. The van der Waals surface area contributed by atoms with Gasteiger partial charge >= 0.3 is 5.97 Å². The van der Waals surface area contributed by atoms with E-state index in [9.17, 15) is 19.2 Å². The molecular formula is C35H45N3O8. The molecule has 0 bridgehead atoms. The number of amides is 3. The van der Waals surface area contributed by atoms with Crippen molar-refractivity contribution in [2.24, 2.45) is 5.92 Å². The first-order valence-electron chi connectivity index (χ1n) is 15.8. The molecule has 2 aromatic carbocycles. The lowest BCUT2D eigenvalue weighted by atomic mass is 9.90. The summed E-state index contributed by atoms with van der Waals surface area (Å²) in [5, 5.41) is 6.69. The number of carbonyl (C=O) groups excluding carboxylic acids is 4. The highest BCUT2D eigenvalue weighted by atomic mass is 16.7. The number of nitrogens with one attached hydrogen (secondary N) is 2. The highest BCUT2D eigenvalue weighted by Crippen LogP contribution is 2.29. The van der Waals surface area contributed by atoms with Crippen LogP contribution in [-0.4, -0.2) is 55.7 Å². The lowest BCUT2D eigenvalue weighted by Crippen LogP contribution is -2.48. The maximum Gasteiger partial charge on any atom is 0.338 e. The maximum atomic E-state index is 13.4. The topological polar surface area (TPSA) is 136 Å². The molecule has 11 heteroatoms. The zero-order valence-corrected chi connectivity index (χ0v) is 27.1. The van der Waals surface area contributed by atoms with Crippen molar-refractivity contribution in [3.8, 4) is 17.1 Å². The Labute approximate surface area is 270 Å². The van der Waals surface area contributed by atoms with Gasteiger partial charge in [0.15, 0.2) is 5.76 Å². The third-order valence-corrected chi connectivity index (χ3v) is 7.42. The van der Waals surface area contributed by atoms with E-state index in [0.29, 0.717) is 42.9 Å². The van der Waals surface area contributed by atoms with Gasteiger partial charge in [0, 0.05) is 5.56 Å². The van der Waals surface area contributed by atoms with Gasteiger partial charge in [-0.25, -0.2) is 9.86 Å². The minimum Gasteiger partial charge on any atom is -0.494 e. The van der Waals surface area contributed by atoms with Gasteiger partial charge in [-0.2, -0.15) is 0 Å². The fourth-order valence-electron chi connectivity index (χ4n) is 5.01. The molecule has 46 heavy (non-hydrogen) atoms. The first kappa shape index (κ1) is 35.8. The number of nitrogens with zero attached hydrogens (tertiary/aromatic N) is 1. The van der Waals surface area contributed by atoms with Gasteiger partial charge in [0.25, 0.3) is 5.91 Å². The molecule has 3 aromatic rings. The van der Waals surface area contributed by atoms with Crippen LogP contribution in [0.15, 0.2) is 65.1 Å². The molecule has 3 amide bonds. The number of methoxy groups -OCH3 is 1. The Morgan fingerprint density at radius 3 is 2.41 bits per heavy atom. The minimum absolute atomic E-state index is 0.0242. The summed E-state index contributed by atoms with van der Waals surface area (Å²) in [6, 6.07) is 17.0. The van der Waals surface area contributed by atoms with Gasteiger partial charge in [-0.1, -0.05) is 70.4 Å². The molecule has 0 spiro atoms. The van der Waals surface area contributed by atoms with Crippen LogP contribution in [-0.2, 0) is 25.8 Å². The number of carbonyl (C=O) groups is 4. The summed E-state index contributed by atoms with van der Waals surface area (Å²) in [7, 11) is 1.30. The molecule has 0 unspecified atom stereocenters. The summed E-state index contributed by atoms with van der Waals surface area (Å²) < 4.78 is 16.4. The molecule has 2 N–H and O–H groups in total. The fourth-order valence-corrected chi connectivity index (χ4v) is 5.01. The normalized spacial score (nSPS) is 12.1. The maximum absolute atomic E-state index is 13.4.